The topological polar surface area (TPSA) is 85.1 Å². The summed E-state index contributed by atoms with van der Waals surface area (Å²) in [6.07, 6.45) is 3.61. The number of sulfonamides is 1. The predicted molar refractivity (Wildman–Crippen MR) is 79.6 cm³/mol. The molecular formula is C14H16FN3O2S. The molecule has 21 heavy (non-hydrogen) atoms. The second kappa shape index (κ2) is 6.64. The third-order valence-electron chi connectivity index (χ3n) is 2.95. The molecule has 1 heterocycles. The molecule has 2 rings (SSSR count). The standard InChI is InChI=1S/C14H16FN3O2S/c15-14-2-1-13(9-12(14)10-16)18-21(19,20)8-5-11-3-6-17-7-4-11/h1-4,6-7,9,18H,5,8,10,16H2. The van der Waals surface area contributed by atoms with Crippen molar-refractivity contribution in [3.05, 3.63) is 59.7 Å². The van der Waals surface area contributed by atoms with Gasteiger partial charge in [0.2, 0.25) is 10.0 Å². The first-order valence-electron chi connectivity index (χ1n) is 6.38. The Morgan fingerprint density at radius 2 is 1.90 bits per heavy atom. The summed E-state index contributed by atoms with van der Waals surface area (Å²) in [5.41, 5.74) is 6.86. The van der Waals surface area contributed by atoms with Gasteiger partial charge in [0, 0.05) is 30.2 Å². The van der Waals surface area contributed by atoms with Crippen molar-refractivity contribution < 1.29 is 12.8 Å². The Bertz CT molecular complexity index is 705. The number of nitrogens with zero attached hydrogens (tertiary/aromatic N) is 1. The molecule has 0 aliphatic carbocycles. The zero-order valence-corrected chi connectivity index (χ0v) is 12.1. The number of halogens is 1. The molecule has 112 valence electrons. The van der Waals surface area contributed by atoms with Gasteiger partial charge in [-0.3, -0.25) is 9.71 Å². The van der Waals surface area contributed by atoms with E-state index in [0.717, 1.165) is 5.56 Å². The molecule has 3 N–H and O–H groups in total. The number of pyridine rings is 1. The highest BCUT2D eigenvalue weighted by atomic mass is 32.2. The van der Waals surface area contributed by atoms with Crippen LogP contribution in [0.25, 0.3) is 0 Å². The molecule has 0 aliphatic rings. The molecule has 7 heteroatoms. The van der Waals surface area contributed by atoms with Crippen LogP contribution in [0.15, 0.2) is 42.7 Å². The van der Waals surface area contributed by atoms with Gasteiger partial charge in [0.15, 0.2) is 0 Å². The number of hydrogen-bond donors (Lipinski definition) is 2. The fourth-order valence-electron chi connectivity index (χ4n) is 1.83. The molecule has 0 saturated carbocycles. The van der Waals surface area contributed by atoms with Crippen molar-refractivity contribution in [3.63, 3.8) is 0 Å². The molecule has 0 amide bonds. The zero-order chi connectivity index (χ0) is 15.3. The monoisotopic (exact) mass is 309 g/mol. The number of nitrogens with two attached hydrogens (primary N) is 1. The van der Waals surface area contributed by atoms with E-state index < -0.39 is 15.8 Å². The lowest BCUT2D eigenvalue weighted by Crippen LogP contribution is -2.18. The van der Waals surface area contributed by atoms with Gasteiger partial charge < -0.3 is 5.73 Å². The number of benzene rings is 1. The smallest absolute Gasteiger partial charge is 0.233 e. The number of rotatable bonds is 6. The SMILES string of the molecule is NCc1cc(NS(=O)(=O)CCc2ccncc2)ccc1F. The third kappa shape index (κ3) is 4.51. The van der Waals surface area contributed by atoms with E-state index in [-0.39, 0.29) is 17.9 Å². The minimum Gasteiger partial charge on any atom is -0.326 e. The molecule has 0 fully saturated rings. The Hall–Kier alpha value is -1.99. The fourth-order valence-corrected chi connectivity index (χ4v) is 2.92. The number of aromatic nitrogens is 1. The Morgan fingerprint density at radius 3 is 2.57 bits per heavy atom. The van der Waals surface area contributed by atoms with Gasteiger partial charge in [-0.15, -0.1) is 0 Å². The molecule has 1 aromatic carbocycles. The van der Waals surface area contributed by atoms with Crippen molar-refractivity contribution in [1.82, 2.24) is 4.98 Å². The van der Waals surface area contributed by atoms with Gasteiger partial charge in [0.25, 0.3) is 0 Å². The number of anilines is 1. The summed E-state index contributed by atoms with van der Waals surface area (Å²) in [5, 5.41) is 0. The Kier molecular flexibility index (Phi) is 4.87. The zero-order valence-electron chi connectivity index (χ0n) is 11.3. The summed E-state index contributed by atoms with van der Waals surface area (Å²) in [6.45, 7) is 0.0123. The quantitative estimate of drug-likeness (QED) is 0.850. The van der Waals surface area contributed by atoms with Crippen molar-refractivity contribution in [2.45, 2.75) is 13.0 Å². The highest BCUT2D eigenvalue weighted by molar-refractivity contribution is 7.92. The maximum absolute atomic E-state index is 13.3. The first-order chi connectivity index (χ1) is 10.00. The van der Waals surface area contributed by atoms with E-state index in [2.05, 4.69) is 9.71 Å². The molecule has 0 bridgehead atoms. The molecule has 0 unspecified atom stereocenters. The molecule has 2 aromatic rings. The number of aryl methyl sites for hydroxylation is 1. The van der Waals surface area contributed by atoms with E-state index >= 15 is 0 Å². The Morgan fingerprint density at radius 1 is 1.19 bits per heavy atom. The van der Waals surface area contributed by atoms with E-state index in [1.807, 2.05) is 0 Å². The van der Waals surface area contributed by atoms with Crippen LogP contribution in [0.1, 0.15) is 11.1 Å². The van der Waals surface area contributed by atoms with Crippen LogP contribution in [0, 0.1) is 5.82 Å². The van der Waals surface area contributed by atoms with Crippen LogP contribution in [-0.2, 0) is 23.0 Å². The van der Waals surface area contributed by atoms with Gasteiger partial charge in [-0.05, 0) is 42.3 Å². The number of nitrogens with one attached hydrogen (secondary N) is 1. The lowest BCUT2D eigenvalue weighted by molar-refractivity contribution is 0.599. The van der Waals surface area contributed by atoms with Crippen LogP contribution in [-0.4, -0.2) is 19.2 Å². The molecule has 5 nitrogen and oxygen atoms in total. The second-order valence-electron chi connectivity index (χ2n) is 4.54. The number of hydrogen-bond acceptors (Lipinski definition) is 4. The minimum absolute atomic E-state index is 0.0123. The first kappa shape index (κ1) is 15.4. The summed E-state index contributed by atoms with van der Waals surface area (Å²) in [4.78, 5) is 3.87. The molecule has 0 atom stereocenters. The molecule has 0 spiro atoms. The Balaban J connectivity index is 2.04. The van der Waals surface area contributed by atoms with Crippen LogP contribution in [0.3, 0.4) is 0 Å². The van der Waals surface area contributed by atoms with Crippen molar-refractivity contribution in [2.75, 3.05) is 10.5 Å². The highest BCUT2D eigenvalue weighted by Gasteiger charge is 2.12. The maximum atomic E-state index is 13.3. The van der Waals surface area contributed by atoms with Crippen molar-refractivity contribution in [1.29, 1.82) is 0 Å². The summed E-state index contributed by atoms with van der Waals surface area (Å²) < 4.78 is 39.7. The molecule has 0 radical (unpaired) electrons. The largest absolute Gasteiger partial charge is 0.326 e. The molecule has 0 aliphatic heterocycles. The molecular weight excluding hydrogens is 293 g/mol. The first-order valence-corrected chi connectivity index (χ1v) is 8.03. The van der Waals surface area contributed by atoms with Crippen molar-refractivity contribution in [2.24, 2.45) is 5.73 Å². The Labute approximate surface area is 123 Å². The van der Waals surface area contributed by atoms with E-state index in [1.165, 1.54) is 18.2 Å². The van der Waals surface area contributed by atoms with Crippen LogP contribution < -0.4 is 10.5 Å². The van der Waals surface area contributed by atoms with Crippen molar-refractivity contribution in [3.8, 4) is 0 Å². The summed E-state index contributed by atoms with van der Waals surface area (Å²) in [5.74, 6) is -0.510. The van der Waals surface area contributed by atoms with Gasteiger partial charge >= 0.3 is 0 Å². The van der Waals surface area contributed by atoms with Crippen molar-refractivity contribution >= 4 is 15.7 Å². The van der Waals surface area contributed by atoms with E-state index in [9.17, 15) is 12.8 Å². The van der Waals surface area contributed by atoms with E-state index in [0.29, 0.717) is 12.1 Å². The van der Waals surface area contributed by atoms with Gasteiger partial charge in [0.05, 0.1) is 5.75 Å². The summed E-state index contributed by atoms with van der Waals surface area (Å²) >= 11 is 0. The minimum atomic E-state index is -3.50. The summed E-state index contributed by atoms with van der Waals surface area (Å²) in [7, 11) is -3.50. The van der Waals surface area contributed by atoms with Crippen LogP contribution in [0.5, 0.6) is 0 Å². The average Bonchev–Trinajstić information content (AvgIpc) is 2.48. The van der Waals surface area contributed by atoms with E-state index in [1.54, 1.807) is 24.5 Å². The fraction of sp³-hybridized carbons (Fsp3) is 0.214. The lowest BCUT2D eigenvalue weighted by atomic mass is 10.2. The molecule has 0 saturated heterocycles. The van der Waals surface area contributed by atoms with Gasteiger partial charge in [-0.2, -0.15) is 0 Å². The van der Waals surface area contributed by atoms with Crippen LogP contribution in [0.2, 0.25) is 0 Å². The van der Waals surface area contributed by atoms with Crippen LogP contribution in [0.4, 0.5) is 10.1 Å². The van der Waals surface area contributed by atoms with Gasteiger partial charge in [-0.25, -0.2) is 12.8 Å². The summed E-state index contributed by atoms with van der Waals surface area (Å²) in [6, 6.07) is 7.50. The normalized spacial score (nSPS) is 11.3. The molecule has 1 aromatic heterocycles. The third-order valence-corrected chi connectivity index (χ3v) is 4.24. The van der Waals surface area contributed by atoms with Crippen LogP contribution >= 0.6 is 0 Å². The highest BCUT2D eigenvalue weighted by Crippen LogP contribution is 2.16. The second-order valence-corrected chi connectivity index (χ2v) is 6.38. The predicted octanol–water partition coefficient (Wildman–Crippen LogP) is 1.66. The average molecular weight is 309 g/mol. The van der Waals surface area contributed by atoms with Gasteiger partial charge in [-0.1, -0.05) is 0 Å². The van der Waals surface area contributed by atoms with Gasteiger partial charge in [0.1, 0.15) is 5.82 Å². The lowest BCUT2D eigenvalue weighted by Gasteiger charge is -2.09. The van der Waals surface area contributed by atoms with E-state index in [4.69, 9.17) is 5.73 Å². The maximum Gasteiger partial charge on any atom is 0.233 e.